The molecule has 1 aromatic rings. The van der Waals surface area contributed by atoms with Crippen LogP contribution in [-0.2, 0) is 31.6 Å². The maximum atomic E-state index is 14.6. The molecule has 6 N–H and O–H groups in total. The third-order valence-corrected chi connectivity index (χ3v) is 7.84. The summed E-state index contributed by atoms with van der Waals surface area (Å²) in [5.74, 6) is -1.23. The van der Waals surface area contributed by atoms with E-state index in [2.05, 4.69) is 25.4 Å². The normalized spacial score (nSPS) is 30.1. The minimum atomic E-state index is -5.87. The van der Waals surface area contributed by atoms with Crippen molar-refractivity contribution in [3.63, 3.8) is 0 Å². The average Bonchev–Trinajstić information content (AvgIpc) is 2.85. The Morgan fingerprint density at radius 2 is 1.81 bits per heavy atom. The molecule has 6 atom stereocenters. The van der Waals surface area contributed by atoms with Crippen molar-refractivity contribution in [1.29, 1.82) is 0 Å². The van der Waals surface area contributed by atoms with E-state index >= 15 is 0 Å². The molecule has 0 aliphatic carbocycles. The van der Waals surface area contributed by atoms with Crippen LogP contribution in [0.2, 0.25) is 0 Å². The number of nitrogens with zero attached hydrogens (tertiary/aromatic N) is 1. The van der Waals surface area contributed by atoms with Gasteiger partial charge in [-0.15, -0.1) is 0 Å². The van der Waals surface area contributed by atoms with Crippen LogP contribution in [0.4, 0.5) is 13.2 Å². The zero-order valence-electron chi connectivity index (χ0n) is 15.1. The molecular formula is C10H14F3N2O13P3S. The first kappa shape index (κ1) is 27.5. The van der Waals surface area contributed by atoms with Crippen molar-refractivity contribution < 1.29 is 69.4 Å². The molecule has 1 saturated heterocycles. The van der Waals surface area contributed by atoms with E-state index in [1.165, 1.54) is 0 Å². The number of aromatic amines is 1. The number of aromatic nitrogens is 2. The van der Waals surface area contributed by atoms with Crippen LogP contribution in [0.15, 0.2) is 11.0 Å². The fourth-order valence-electron chi connectivity index (χ4n) is 2.49. The van der Waals surface area contributed by atoms with Gasteiger partial charge in [0.25, 0.3) is 0 Å². The molecule has 0 aromatic carbocycles. The lowest BCUT2D eigenvalue weighted by atomic mass is 9.97. The number of hydrogen-bond acceptors (Lipinski definition) is 10. The Bertz CT molecular complexity index is 1130. The number of rotatable bonds is 9. The van der Waals surface area contributed by atoms with Crippen molar-refractivity contribution >= 4 is 35.7 Å². The van der Waals surface area contributed by atoms with Crippen LogP contribution in [0.5, 0.6) is 0 Å². The summed E-state index contributed by atoms with van der Waals surface area (Å²) in [5, 5.41) is 10.3. The number of phosphoric acid groups is 3. The average molecular weight is 552 g/mol. The lowest BCUT2D eigenvalue weighted by molar-refractivity contribution is -0.113. The summed E-state index contributed by atoms with van der Waals surface area (Å²) in [6.07, 6.45) is -6.76. The zero-order chi connectivity index (χ0) is 24.7. The van der Waals surface area contributed by atoms with Gasteiger partial charge in [0.05, 0.1) is 12.8 Å². The minimum absolute atomic E-state index is 0.224. The van der Waals surface area contributed by atoms with E-state index in [0.717, 1.165) is 0 Å². The second-order valence-corrected chi connectivity index (χ2v) is 10.9. The fourth-order valence-corrected chi connectivity index (χ4v) is 5.66. The molecule has 1 aliphatic heterocycles. The first-order valence-electron chi connectivity index (χ1n) is 7.78. The van der Waals surface area contributed by atoms with Gasteiger partial charge < -0.3 is 29.4 Å². The number of nitrogens with one attached hydrogen (secondary N) is 1. The highest BCUT2D eigenvalue weighted by Gasteiger charge is 2.59. The smallest absolute Gasteiger partial charge is 0.379 e. The standard InChI is InChI=1S/C10H14F3N2O13P3S/c11-3-10(17)6(13)5(26-8(10)15-1-4(12)7(32)14-9(15)16)2-25-30(21,22)28-31(23,24)27-29(18,19)20/h1,5-6,8,17H,2-3H2,(H,21,22)(H,23,24)(H,14,16,32)(H2,18,19,20)/t5-,6+,8-,10?/m1/s1. The maximum Gasteiger partial charge on any atom is 0.490 e. The summed E-state index contributed by atoms with van der Waals surface area (Å²) in [7, 11) is -17.2. The van der Waals surface area contributed by atoms with Gasteiger partial charge in [0.2, 0.25) is 0 Å². The molecule has 0 amide bonds. The quantitative estimate of drug-likeness (QED) is 0.179. The SMILES string of the molecule is O=c1[nH]c(=S)c(F)cn1[C@@H]1O[C@H](COP(=O)(O)OP(=O)(O)OP(=O)(O)O)[C@H](F)C1(O)CF. The van der Waals surface area contributed by atoms with E-state index in [0.29, 0.717) is 6.20 Å². The summed E-state index contributed by atoms with van der Waals surface area (Å²) >= 11 is 4.48. The van der Waals surface area contributed by atoms with E-state index in [1.807, 2.05) is 4.98 Å². The van der Waals surface area contributed by atoms with Crippen molar-refractivity contribution in [2.75, 3.05) is 13.3 Å². The highest BCUT2D eigenvalue weighted by molar-refractivity contribution is 7.71. The molecule has 1 fully saturated rings. The van der Waals surface area contributed by atoms with Gasteiger partial charge in [-0.1, -0.05) is 12.2 Å². The molecule has 15 nitrogen and oxygen atoms in total. The summed E-state index contributed by atoms with van der Waals surface area (Å²) in [6.45, 7) is -3.29. The number of hydrogen-bond donors (Lipinski definition) is 6. The Morgan fingerprint density at radius 3 is 2.34 bits per heavy atom. The van der Waals surface area contributed by atoms with E-state index in [4.69, 9.17) is 19.4 Å². The van der Waals surface area contributed by atoms with Crippen molar-refractivity contribution in [2.24, 2.45) is 0 Å². The molecule has 2 rings (SSSR count). The summed E-state index contributed by atoms with van der Waals surface area (Å²) in [4.78, 5) is 49.1. The molecule has 2 heterocycles. The third-order valence-electron chi connectivity index (χ3n) is 3.74. The maximum absolute atomic E-state index is 14.6. The Labute approximate surface area is 179 Å². The van der Waals surface area contributed by atoms with Crippen LogP contribution in [0, 0.1) is 10.5 Å². The Balaban J connectivity index is 2.22. The van der Waals surface area contributed by atoms with Gasteiger partial charge in [0.1, 0.15) is 17.4 Å². The van der Waals surface area contributed by atoms with E-state index < -0.39 is 77.0 Å². The van der Waals surface area contributed by atoms with Gasteiger partial charge in [0.15, 0.2) is 23.8 Å². The van der Waals surface area contributed by atoms with Gasteiger partial charge in [-0.3, -0.25) is 14.1 Å². The van der Waals surface area contributed by atoms with Crippen LogP contribution in [0.25, 0.3) is 0 Å². The zero-order valence-corrected chi connectivity index (χ0v) is 18.6. The Morgan fingerprint density at radius 1 is 1.22 bits per heavy atom. The second kappa shape index (κ2) is 9.46. The van der Waals surface area contributed by atoms with Gasteiger partial charge in [-0.25, -0.2) is 31.7 Å². The van der Waals surface area contributed by atoms with Gasteiger partial charge >= 0.3 is 29.2 Å². The molecule has 184 valence electrons. The van der Waals surface area contributed by atoms with Crippen molar-refractivity contribution in [3.05, 3.63) is 27.1 Å². The predicted molar refractivity (Wildman–Crippen MR) is 95.4 cm³/mol. The number of H-pyrrole nitrogens is 1. The molecule has 0 bridgehead atoms. The fraction of sp³-hybridized carbons (Fsp3) is 0.600. The van der Waals surface area contributed by atoms with Crippen LogP contribution in [-0.4, -0.2) is 65.4 Å². The lowest BCUT2D eigenvalue weighted by Crippen LogP contribution is -2.48. The van der Waals surface area contributed by atoms with Crippen molar-refractivity contribution in [3.8, 4) is 0 Å². The monoisotopic (exact) mass is 552 g/mol. The van der Waals surface area contributed by atoms with Gasteiger partial charge in [-0.05, 0) is 0 Å². The topological polar surface area (TPSA) is 227 Å². The van der Waals surface area contributed by atoms with Gasteiger partial charge in [0, 0.05) is 0 Å². The highest BCUT2D eigenvalue weighted by atomic mass is 32.1. The van der Waals surface area contributed by atoms with Crippen LogP contribution >= 0.6 is 35.7 Å². The van der Waals surface area contributed by atoms with Crippen molar-refractivity contribution in [2.45, 2.75) is 24.1 Å². The number of phosphoric ester groups is 1. The molecule has 3 unspecified atom stereocenters. The molecule has 1 aliphatic rings. The molecule has 0 radical (unpaired) electrons. The number of halogens is 3. The largest absolute Gasteiger partial charge is 0.490 e. The summed E-state index contributed by atoms with van der Waals surface area (Å²) < 4.78 is 90.9. The Hall–Kier alpha value is -0.780. The van der Waals surface area contributed by atoms with E-state index in [9.17, 15) is 41.7 Å². The number of alkyl halides is 2. The first-order valence-corrected chi connectivity index (χ1v) is 12.7. The van der Waals surface area contributed by atoms with Gasteiger partial charge in [-0.2, -0.15) is 8.62 Å². The van der Waals surface area contributed by atoms with Crippen LogP contribution in [0.3, 0.4) is 0 Å². The van der Waals surface area contributed by atoms with E-state index in [-0.39, 0.29) is 4.57 Å². The minimum Gasteiger partial charge on any atom is -0.379 e. The summed E-state index contributed by atoms with van der Waals surface area (Å²) in [6, 6.07) is 0. The number of ether oxygens (including phenoxy) is 1. The Kier molecular flexibility index (Phi) is 8.12. The third kappa shape index (κ3) is 6.42. The molecule has 0 spiro atoms. The highest BCUT2D eigenvalue weighted by Crippen LogP contribution is 2.66. The molecule has 32 heavy (non-hydrogen) atoms. The second-order valence-electron chi connectivity index (χ2n) is 6.08. The molecule has 22 heteroatoms. The van der Waals surface area contributed by atoms with Crippen LogP contribution in [0.1, 0.15) is 6.23 Å². The van der Waals surface area contributed by atoms with E-state index in [1.54, 1.807) is 0 Å². The van der Waals surface area contributed by atoms with Crippen LogP contribution < -0.4 is 5.69 Å². The number of aliphatic hydroxyl groups is 1. The lowest BCUT2D eigenvalue weighted by Gasteiger charge is -2.27. The first-order chi connectivity index (χ1) is 14.4. The molecular weight excluding hydrogens is 538 g/mol. The molecule has 0 saturated carbocycles. The molecule has 1 aromatic heterocycles. The predicted octanol–water partition coefficient (Wildman–Crippen LogP) is 0.324. The van der Waals surface area contributed by atoms with Crippen molar-refractivity contribution in [1.82, 2.24) is 9.55 Å². The summed E-state index contributed by atoms with van der Waals surface area (Å²) in [5.41, 5.74) is -4.37.